The molecule has 2 heterocycles. The second-order valence-corrected chi connectivity index (χ2v) is 6.16. The average molecular weight is 272 g/mol. The van der Waals surface area contributed by atoms with Gasteiger partial charge in [0.15, 0.2) is 0 Å². The van der Waals surface area contributed by atoms with Gasteiger partial charge in [-0.05, 0) is 53.7 Å². The summed E-state index contributed by atoms with van der Waals surface area (Å²) in [5.74, 6) is 0.778. The quantitative estimate of drug-likeness (QED) is 0.828. The van der Waals surface area contributed by atoms with E-state index in [4.69, 9.17) is 0 Å². The van der Waals surface area contributed by atoms with Crippen LogP contribution in [0, 0.1) is 0 Å². The summed E-state index contributed by atoms with van der Waals surface area (Å²) < 4.78 is 1.45. The Morgan fingerprint density at radius 2 is 2.29 bits per heavy atom. The first kappa shape index (κ1) is 9.37. The molecule has 0 spiro atoms. The van der Waals surface area contributed by atoms with Crippen LogP contribution in [0.15, 0.2) is 4.47 Å². The van der Waals surface area contributed by atoms with Gasteiger partial charge in [0.2, 0.25) is 0 Å². The van der Waals surface area contributed by atoms with E-state index in [0.29, 0.717) is 0 Å². The van der Waals surface area contributed by atoms with Gasteiger partial charge in [0.25, 0.3) is 0 Å². The maximum absolute atomic E-state index is 3.79. The van der Waals surface area contributed by atoms with Crippen LogP contribution in [-0.2, 0) is 12.8 Å². The second-order valence-electron chi connectivity index (χ2n) is 4.23. The zero-order valence-corrected chi connectivity index (χ0v) is 10.5. The highest BCUT2D eigenvalue weighted by atomic mass is 79.9. The fourth-order valence-corrected chi connectivity index (χ4v) is 5.08. The van der Waals surface area contributed by atoms with E-state index in [9.17, 15) is 0 Å². The number of aryl methyl sites for hydroxylation is 1. The molecule has 2 aliphatic rings. The lowest BCUT2D eigenvalue weighted by atomic mass is 10.1. The molecule has 0 bridgehead atoms. The lowest BCUT2D eigenvalue weighted by molar-refractivity contribution is 0.773. The van der Waals surface area contributed by atoms with Gasteiger partial charge in [0, 0.05) is 26.7 Å². The van der Waals surface area contributed by atoms with Crippen LogP contribution in [0.1, 0.15) is 34.1 Å². The zero-order valence-electron chi connectivity index (χ0n) is 8.11. The van der Waals surface area contributed by atoms with Crippen LogP contribution in [0.25, 0.3) is 0 Å². The Kier molecular flexibility index (Phi) is 2.42. The SMILES string of the molecule is Brc1c(C2CCNC2)sc2c1CCC2. The first-order valence-corrected chi connectivity index (χ1v) is 6.98. The summed E-state index contributed by atoms with van der Waals surface area (Å²) in [7, 11) is 0. The van der Waals surface area contributed by atoms with E-state index in [1.54, 1.807) is 15.3 Å². The molecule has 3 rings (SSSR count). The molecule has 1 atom stereocenters. The average Bonchev–Trinajstić information content (AvgIpc) is 2.84. The molecule has 0 saturated carbocycles. The Bertz CT molecular complexity index is 352. The first-order valence-electron chi connectivity index (χ1n) is 5.37. The Balaban J connectivity index is 1.98. The third-order valence-corrected chi connectivity index (χ3v) is 5.94. The Hall–Kier alpha value is 0.140. The van der Waals surface area contributed by atoms with Gasteiger partial charge in [-0.15, -0.1) is 11.3 Å². The van der Waals surface area contributed by atoms with Gasteiger partial charge in [0.05, 0.1) is 0 Å². The van der Waals surface area contributed by atoms with Gasteiger partial charge in [-0.25, -0.2) is 0 Å². The maximum Gasteiger partial charge on any atom is 0.0352 e. The van der Waals surface area contributed by atoms with Crippen LogP contribution in [0.2, 0.25) is 0 Å². The highest BCUT2D eigenvalue weighted by Crippen LogP contribution is 2.43. The molecule has 1 aliphatic carbocycles. The number of nitrogens with one attached hydrogen (secondary N) is 1. The Morgan fingerprint density at radius 1 is 1.36 bits per heavy atom. The fraction of sp³-hybridized carbons (Fsp3) is 0.636. The molecule has 1 aromatic heterocycles. The Morgan fingerprint density at radius 3 is 3.00 bits per heavy atom. The van der Waals surface area contributed by atoms with E-state index in [2.05, 4.69) is 32.6 Å². The molecule has 1 nitrogen and oxygen atoms in total. The molecule has 0 aromatic carbocycles. The molecule has 14 heavy (non-hydrogen) atoms. The number of fused-ring (bicyclic) bond motifs is 1. The molecule has 1 fully saturated rings. The molecule has 0 radical (unpaired) electrons. The summed E-state index contributed by atoms with van der Waals surface area (Å²) in [5.41, 5.74) is 1.62. The normalized spacial score (nSPS) is 25.6. The molecular weight excluding hydrogens is 258 g/mol. The van der Waals surface area contributed by atoms with Gasteiger partial charge >= 0.3 is 0 Å². The van der Waals surface area contributed by atoms with E-state index in [0.717, 1.165) is 5.92 Å². The van der Waals surface area contributed by atoms with E-state index < -0.39 is 0 Å². The number of rotatable bonds is 1. The van der Waals surface area contributed by atoms with Crippen LogP contribution in [-0.4, -0.2) is 13.1 Å². The largest absolute Gasteiger partial charge is 0.316 e. The van der Waals surface area contributed by atoms with Crippen molar-refractivity contribution in [2.75, 3.05) is 13.1 Å². The van der Waals surface area contributed by atoms with Crippen molar-refractivity contribution < 1.29 is 0 Å². The standard InChI is InChI=1S/C11H14BrNS/c12-10-8-2-1-3-9(8)14-11(10)7-4-5-13-6-7/h7,13H,1-6H2. The van der Waals surface area contributed by atoms with Crippen LogP contribution >= 0.6 is 27.3 Å². The van der Waals surface area contributed by atoms with Crippen LogP contribution in [0.4, 0.5) is 0 Å². The minimum absolute atomic E-state index is 0.778. The molecule has 0 amide bonds. The third kappa shape index (κ3) is 1.37. The van der Waals surface area contributed by atoms with Crippen molar-refractivity contribution in [3.8, 4) is 0 Å². The lowest BCUT2D eigenvalue weighted by Crippen LogP contribution is -2.07. The Labute approximate surface area is 97.0 Å². The minimum Gasteiger partial charge on any atom is -0.316 e. The first-order chi connectivity index (χ1) is 6.86. The van der Waals surface area contributed by atoms with E-state index in [1.165, 1.54) is 43.2 Å². The van der Waals surface area contributed by atoms with Crippen molar-refractivity contribution in [1.29, 1.82) is 0 Å². The number of hydrogen-bond donors (Lipinski definition) is 1. The number of halogens is 1. The molecule has 3 heteroatoms. The van der Waals surface area contributed by atoms with Gasteiger partial charge in [-0.1, -0.05) is 0 Å². The van der Waals surface area contributed by atoms with E-state index >= 15 is 0 Å². The summed E-state index contributed by atoms with van der Waals surface area (Å²) in [4.78, 5) is 3.26. The fourth-order valence-electron chi connectivity index (χ4n) is 2.53. The molecule has 76 valence electrons. The van der Waals surface area contributed by atoms with Crippen molar-refractivity contribution in [2.45, 2.75) is 31.6 Å². The molecule has 1 aliphatic heterocycles. The predicted octanol–water partition coefficient (Wildman–Crippen LogP) is 3.08. The summed E-state index contributed by atoms with van der Waals surface area (Å²) in [5, 5.41) is 3.45. The molecule has 1 unspecified atom stereocenters. The number of hydrogen-bond acceptors (Lipinski definition) is 2. The van der Waals surface area contributed by atoms with E-state index in [-0.39, 0.29) is 0 Å². The molecule has 1 N–H and O–H groups in total. The molecule has 1 aromatic rings. The topological polar surface area (TPSA) is 12.0 Å². The van der Waals surface area contributed by atoms with E-state index in [1.807, 2.05) is 0 Å². The maximum atomic E-state index is 3.79. The minimum atomic E-state index is 0.778. The van der Waals surface area contributed by atoms with Crippen molar-refractivity contribution in [1.82, 2.24) is 5.32 Å². The lowest BCUT2D eigenvalue weighted by Gasteiger charge is -2.06. The van der Waals surface area contributed by atoms with Crippen molar-refractivity contribution in [2.24, 2.45) is 0 Å². The second kappa shape index (κ2) is 3.62. The highest BCUT2D eigenvalue weighted by Gasteiger charge is 2.26. The van der Waals surface area contributed by atoms with Crippen LogP contribution < -0.4 is 5.32 Å². The van der Waals surface area contributed by atoms with Crippen LogP contribution in [0.5, 0.6) is 0 Å². The smallest absolute Gasteiger partial charge is 0.0352 e. The summed E-state index contributed by atoms with van der Waals surface area (Å²) >= 11 is 5.85. The third-order valence-electron chi connectivity index (χ3n) is 3.31. The monoisotopic (exact) mass is 271 g/mol. The van der Waals surface area contributed by atoms with Gasteiger partial charge < -0.3 is 5.32 Å². The number of thiophene rings is 1. The van der Waals surface area contributed by atoms with Gasteiger partial charge in [0.1, 0.15) is 0 Å². The van der Waals surface area contributed by atoms with Gasteiger partial charge in [-0.3, -0.25) is 0 Å². The van der Waals surface area contributed by atoms with Crippen molar-refractivity contribution in [3.63, 3.8) is 0 Å². The van der Waals surface area contributed by atoms with Crippen molar-refractivity contribution in [3.05, 3.63) is 19.8 Å². The highest BCUT2D eigenvalue weighted by molar-refractivity contribution is 9.10. The summed E-state index contributed by atoms with van der Waals surface area (Å²) in [6.07, 6.45) is 5.30. The van der Waals surface area contributed by atoms with Crippen molar-refractivity contribution >= 4 is 27.3 Å². The zero-order chi connectivity index (χ0) is 9.54. The molecular formula is C11H14BrNS. The summed E-state index contributed by atoms with van der Waals surface area (Å²) in [6.45, 7) is 2.37. The van der Waals surface area contributed by atoms with Crippen LogP contribution in [0.3, 0.4) is 0 Å². The summed E-state index contributed by atoms with van der Waals surface area (Å²) in [6, 6.07) is 0. The molecule has 1 saturated heterocycles. The van der Waals surface area contributed by atoms with Gasteiger partial charge in [-0.2, -0.15) is 0 Å². The predicted molar refractivity (Wildman–Crippen MR) is 64.3 cm³/mol.